The molecule has 3 nitrogen and oxygen atoms in total. The normalized spacial score (nSPS) is 12.6. The van der Waals surface area contributed by atoms with Crippen LogP contribution >= 0.6 is 0 Å². The van der Waals surface area contributed by atoms with Crippen molar-refractivity contribution >= 4 is 0 Å². The quantitative estimate of drug-likeness (QED) is 0.564. The number of hydrogen-bond donors (Lipinski definition) is 2. The second-order valence-corrected chi connectivity index (χ2v) is 3.65. The van der Waals surface area contributed by atoms with Gasteiger partial charge in [0.2, 0.25) is 0 Å². The number of hydrogen-bond acceptors (Lipinski definition) is 3. The number of rotatable bonds is 4. The number of aryl methyl sites for hydroxylation is 2. The van der Waals surface area contributed by atoms with Crippen LogP contribution in [0.3, 0.4) is 0 Å². The minimum atomic E-state index is 0.163. The van der Waals surface area contributed by atoms with Crippen LogP contribution in [0.5, 0.6) is 5.75 Å². The molecule has 0 fully saturated rings. The van der Waals surface area contributed by atoms with Crippen LogP contribution < -0.4 is 16.0 Å². The molecule has 0 aromatic heterocycles. The second kappa shape index (κ2) is 4.98. The maximum absolute atomic E-state index is 5.60. The molecule has 0 heterocycles. The number of nitrogens with two attached hydrogens (primary N) is 1. The van der Waals surface area contributed by atoms with Crippen LogP contribution in [0, 0.1) is 13.8 Å². The van der Waals surface area contributed by atoms with Gasteiger partial charge in [-0.1, -0.05) is 17.7 Å². The smallest absolute Gasteiger partial charge is 0.122 e. The summed E-state index contributed by atoms with van der Waals surface area (Å²) in [6, 6.07) is 6.31. The molecule has 1 unspecified atom stereocenters. The van der Waals surface area contributed by atoms with Crippen molar-refractivity contribution in [1.82, 2.24) is 5.43 Å². The fourth-order valence-corrected chi connectivity index (χ4v) is 1.22. The van der Waals surface area contributed by atoms with E-state index < -0.39 is 0 Å². The van der Waals surface area contributed by atoms with Gasteiger partial charge in [0, 0.05) is 0 Å². The van der Waals surface area contributed by atoms with E-state index in [1.54, 1.807) is 0 Å². The molecule has 0 saturated heterocycles. The molecule has 1 aromatic carbocycles. The molecule has 0 radical (unpaired) electrons. The summed E-state index contributed by atoms with van der Waals surface area (Å²) < 4.78 is 5.60. The van der Waals surface area contributed by atoms with Gasteiger partial charge in [-0.05, 0) is 32.4 Å². The van der Waals surface area contributed by atoms with E-state index in [4.69, 9.17) is 10.6 Å². The third-order valence-corrected chi connectivity index (χ3v) is 2.10. The van der Waals surface area contributed by atoms with E-state index in [0.717, 1.165) is 11.3 Å². The van der Waals surface area contributed by atoms with E-state index >= 15 is 0 Å². The first-order valence-corrected chi connectivity index (χ1v) is 4.79. The number of ether oxygens (including phenoxy) is 1. The lowest BCUT2D eigenvalue weighted by molar-refractivity contribution is 0.273. The number of benzene rings is 1. The summed E-state index contributed by atoms with van der Waals surface area (Å²) in [6.45, 7) is 6.67. The Bertz CT molecular complexity index is 299. The summed E-state index contributed by atoms with van der Waals surface area (Å²) in [5, 5.41) is 0. The third-order valence-electron chi connectivity index (χ3n) is 2.10. The predicted octanol–water partition coefficient (Wildman–Crippen LogP) is 1.53. The van der Waals surface area contributed by atoms with E-state index in [0.29, 0.717) is 6.61 Å². The van der Waals surface area contributed by atoms with Crippen LogP contribution in [0.1, 0.15) is 18.1 Å². The fraction of sp³-hybridized carbons (Fsp3) is 0.455. The van der Waals surface area contributed by atoms with Gasteiger partial charge in [0.25, 0.3) is 0 Å². The lowest BCUT2D eigenvalue weighted by Crippen LogP contribution is -2.37. The highest BCUT2D eigenvalue weighted by atomic mass is 16.5. The van der Waals surface area contributed by atoms with Gasteiger partial charge >= 0.3 is 0 Å². The van der Waals surface area contributed by atoms with Gasteiger partial charge < -0.3 is 4.74 Å². The van der Waals surface area contributed by atoms with Gasteiger partial charge in [-0.2, -0.15) is 0 Å². The highest BCUT2D eigenvalue weighted by Crippen LogP contribution is 2.18. The lowest BCUT2D eigenvalue weighted by atomic mass is 10.1. The Kier molecular flexibility index (Phi) is 3.92. The largest absolute Gasteiger partial charge is 0.492 e. The first-order valence-electron chi connectivity index (χ1n) is 4.79. The van der Waals surface area contributed by atoms with E-state index in [-0.39, 0.29) is 6.04 Å². The lowest BCUT2D eigenvalue weighted by Gasteiger charge is -2.13. The van der Waals surface area contributed by atoms with Crippen molar-refractivity contribution in [2.24, 2.45) is 5.84 Å². The van der Waals surface area contributed by atoms with Crippen LogP contribution in [-0.4, -0.2) is 12.6 Å². The van der Waals surface area contributed by atoms with Gasteiger partial charge in [0.1, 0.15) is 12.4 Å². The Morgan fingerprint density at radius 2 is 2.14 bits per heavy atom. The molecule has 1 aromatic rings. The first-order chi connectivity index (χ1) is 6.63. The molecule has 0 aliphatic heterocycles. The highest BCUT2D eigenvalue weighted by molar-refractivity contribution is 5.35. The Morgan fingerprint density at radius 3 is 2.71 bits per heavy atom. The molecule has 0 aliphatic rings. The summed E-state index contributed by atoms with van der Waals surface area (Å²) in [6.07, 6.45) is 0. The van der Waals surface area contributed by atoms with E-state index in [9.17, 15) is 0 Å². The van der Waals surface area contributed by atoms with Gasteiger partial charge in [0.15, 0.2) is 0 Å². The molecule has 3 N–H and O–H groups in total. The third kappa shape index (κ3) is 3.01. The minimum Gasteiger partial charge on any atom is -0.492 e. The van der Waals surface area contributed by atoms with E-state index in [1.165, 1.54) is 5.56 Å². The first kappa shape index (κ1) is 11.0. The Hall–Kier alpha value is -1.06. The number of hydrazine groups is 1. The zero-order chi connectivity index (χ0) is 10.6. The Balaban J connectivity index is 2.59. The van der Waals surface area contributed by atoms with Crippen molar-refractivity contribution in [2.45, 2.75) is 26.8 Å². The van der Waals surface area contributed by atoms with Crippen molar-refractivity contribution in [3.63, 3.8) is 0 Å². The standard InChI is InChI=1S/C11H18N2O/c1-8-4-5-11(9(2)6-8)14-7-10(3)13-12/h4-6,10,13H,7,12H2,1-3H3. The van der Waals surface area contributed by atoms with Gasteiger partial charge in [-0.15, -0.1) is 0 Å². The molecule has 0 amide bonds. The Morgan fingerprint density at radius 1 is 1.43 bits per heavy atom. The van der Waals surface area contributed by atoms with Crippen LogP contribution in [-0.2, 0) is 0 Å². The van der Waals surface area contributed by atoms with Gasteiger partial charge in [-0.3, -0.25) is 11.3 Å². The summed E-state index contributed by atoms with van der Waals surface area (Å²) in [5.74, 6) is 6.20. The fourth-order valence-electron chi connectivity index (χ4n) is 1.22. The maximum Gasteiger partial charge on any atom is 0.122 e. The summed E-state index contributed by atoms with van der Waals surface area (Å²) in [4.78, 5) is 0. The average molecular weight is 194 g/mol. The van der Waals surface area contributed by atoms with Crippen molar-refractivity contribution in [1.29, 1.82) is 0 Å². The van der Waals surface area contributed by atoms with Crippen molar-refractivity contribution < 1.29 is 4.74 Å². The monoisotopic (exact) mass is 194 g/mol. The van der Waals surface area contributed by atoms with E-state index in [2.05, 4.69) is 18.4 Å². The number of nitrogens with one attached hydrogen (secondary N) is 1. The van der Waals surface area contributed by atoms with Crippen molar-refractivity contribution in [3.05, 3.63) is 29.3 Å². The molecule has 14 heavy (non-hydrogen) atoms. The molecular weight excluding hydrogens is 176 g/mol. The van der Waals surface area contributed by atoms with Gasteiger partial charge in [-0.25, -0.2) is 0 Å². The van der Waals surface area contributed by atoms with Crippen LogP contribution in [0.15, 0.2) is 18.2 Å². The molecule has 0 aliphatic carbocycles. The predicted molar refractivity (Wildman–Crippen MR) is 58.2 cm³/mol. The second-order valence-electron chi connectivity index (χ2n) is 3.65. The molecule has 0 bridgehead atoms. The molecule has 1 rings (SSSR count). The zero-order valence-electron chi connectivity index (χ0n) is 9.00. The molecule has 1 atom stereocenters. The zero-order valence-corrected chi connectivity index (χ0v) is 9.00. The van der Waals surface area contributed by atoms with E-state index in [1.807, 2.05) is 26.0 Å². The highest BCUT2D eigenvalue weighted by Gasteiger charge is 2.02. The molecule has 0 saturated carbocycles. The molecular formula is C11H18N2O. The SMILES string of the molecule is Cc1ccc(OCC(C)NN)c(C)c1. The topological polar surface area (TPSA) is 47.3 Å². The van der Waals surface area contributed by atoms with Crippen molar-refractivity contribution in [2.75, 3.05) is 6.61 Å². The van der Waals surface area contributed by atoms with Crippen molar-refractivity contribution in [3.8, 4) is 5.75 Å². The summed E-state index contributed by atoms with van der Waals surface area (Å²) >= 11 is 0. The Labute approximate surface area is 85.2 Å². The van der Waals surface area contributed by atoms with Gasteiger partial charge in [0.05, 0.1) is 6.04 Å². The van der Waals surface area contributed by atoms with Crippen LogP contribution in [0.2, 0.25) is 0 Å². The molecule has 78 valence electrons. The molecule has 3 heteroatoms. The average Bonchev–Trinajstić information content (AvgIpc) is 2.16. The van der Waals surface area contributed by atoms with Crippen LogP contribution in [0.4, 0.5) is 0 Å². The maximum atomic E-state index is 5.60. The minimum absolute atomic E-state index is 0.163. The summed E-state index contributed by atoms with van der Waals surface area (Å²) in [7, 11) is 0. The summed E-state index contributed by atoms with van der Waals surface area (Å²) in [5.41, 5.74) is 5.05. The van der Waals surface area contributed by atoms with Crippen LogP contribution in [0.25, 0.3) is 0 Å². The molecule has 0 spiro atoms.